The minimum atomic E-state index is -0.519. The van der Waals surface area contributed by atoms with Crippen LogP contribution in [0.3, 0.4) is 0 Å². The molecule has 0 saturated carbocycles. The number of ether oxygens (including phenoxy) is 1. The third kappa shape index (κ3) is 3.45. The molecule has 0 bridgehead atoms. The van der Waals surface area contributed by atoms with E-state index in [2.05, 4.69) is 9.97 Å². The fourth-order valence-electron chi connectivity index (χ4n) is 2.35. The van der Waals surface area contributed by atoms with Crippen molar-refractivity contribution in [2.75, 3.05) is 0 Å². The first-order valence-electron chi connectivity index (χ1n) is 7.14. The summed E-state index contributed by atoms with van der Waals surface area (Å²) in [7, 11) is 2.89. The van der Waals surface area contributed by atoms with Gasteiger partial charge in [-0.3, -0.25) is 23.7 Å². The van der Waals surface area contributed by atoms with Crippen LogP contribution >= 0.6 is 12.4 Å². The zero-order chi connectivity index (χ0) is 17.3. The standard InChI is InChI=1S/C15H15N5O4.ClH/c1-18-13-12(14(22)19(2)15(18)23)20(9-17-13)7-11(21)24-8-10-4-3-5-16-6-10;/h3-6,9H,7-8H2,1-2H3;1H. The van der Waals surface area contributed by atoms with E-state index in [1.54, 1.807) is 24.5 Å². The van der Waals surface area contributed by atoms with Gasteiger partial charge in [0.2, 0.25) is 0 Å². The van der Waals surface area contributed by atoms with Gasteiger partial charge in [-0.05, 0) is 6.07 Å². The smallest absolute Gasteiger partial charge is 0.332 e. The van der Waals surface area contributed by atoms with Crippen molar-refractivity contribution in [1.82, 2.24) is 23.7 Å². The molecule has 0 aliphatic rings. The molecule has 0 fully saturated rings. The van der Waals surface area contributed by atoms with Gasteiger partial charge in [-0.1, -0.05) is 6.07 Å². The van der Waals surface area contributed by atoms with Crippen LogP contribution in [-0.4, -0.2) is 29.6 Å². The molecule has 10 heteroatoms. The van der Waals surface area contributed by atoms with E-state index in [1.807, 2.05) is 0 Å². The molecule has 3 rings (SSSR count). The number of pyridine rings is 1. The second-order valence-electron chi connectivity index (χ2n) is 5.27. The fourth-order valence-corrected chi connectivity index (χ4v) is 2.35. The second-order valence-corrected chi connectivity index (χ2v) is 5.27. The number of aromatic nitrogens is 5. The number of imidazole rings is 1. The highest BCUT2D eigenvalue weighted by atomic mass is 35.5. The molecule has 0 radical (unpaired) electrons. The summed E-state index contributed by atoms with van der Waals surface area (Å²) in [6, 6.07) is 3.54. The zero-order valence-corrected chi connectivity index (χ0v) is 14.4. The first-order valence-corrected chi connectivity index (χ1v) is 7.14. The van der Waals surface area contributed by atoms with E-state index < -0.39 is 17.2 Å². The zero-order valence-electron chi connectivity index (χ0n) is 13.6. The number of carbonyl (C=O) groups excluding carboxylic acids is 1. The number of nitrogens with zero attached hydrogens (tertiary/aromatic N) is 5. The molecule has 0 unspecified atom stereocenters. The lowest BCUT2D eigenvalue weighted by Crippen LogP contribution is -2.37. The molecule has 0 aromatic carbocycles. The molecule has 0 aliphatic heterocycles. The molecule has 3 aromatic heterocycles. The van der Waals surface area contributed by atoms with E-state index >= 15 is 0 Å². The highest BCUT2D eigenvalue weighted by Gasteiger charge is 2.16. The van der Waals surface area contributed by atoms with Gasteiger partial charge in [0.25, 0.3) is 5.56 Å². The molecule has 3 aromatic rings. The number of carbonyl (C=O) groups is 1. The van der Waals surface area contributed by atoms with Crippen molar-refractivity contribution in [2.24, 2.45) is 14.1 Å². The van der Waals surface area contributed by atoms with Crippen LogP contribution in [0.2, 0.25) is 0 Å². The number of fused-ring (bicyclic) bond motifs is 1. The lowest BCUT2D eigenvalue weighted by atomic mass is 10.3. The van der Waals surface area contributed by atoms with Gasteiger partial charge in [-0.25, -0.2) is 9.78 Å². The molecule has 9 nitrogen and oxygen atoms in total. The normalized spacial score (nSPS) is 10.5. The Kier molecular flexibility index (Phi) is 5.38. The maximum absolute atomic E-state index is 12.3. The van der Waals surface area contributed by atoms with Gasteiger partial charge >= 0.3 is 11.7 Å². The first kappa shape index (κ1) is 18.4. The summed E-state index contributed by atoms with van der Waals surface area (Å²) in [5.74, 6) is -0.519. The average Bonchev–Trinajstić information content (AvgIpc) is 3.01. The van der Waals surface area contributed by atoms with E-state index in [-0.39, 0.29) is 36.7 Å². The Morgan fingerprint density at radius 1 is 1.24 bits per heavy atom. The van der Waals surface area contributed by atoms with Crippen molar-refractivity contribution in [1.29, 1.82) is 0 Å². The summed E-state index contributed by atoms with van der Waals surface area (Å²) in [5, 5.41) is 0. The van der Waals surface area contributed by atoms with Crippen LogP contribution < -0.4 is 11.2 Å². The Labute approximate surface area is 147 Å². The largest absolute Gasteiger partial charge is 0.459 e. The van der Waals surface area contributed by atoms with Gasteiger partial charge in [0, 0.05) is 32.1 Å². The minimum absolute atomic E-state index is 0. The third-order valence-corrected chi connectivity index (χ3v) is 3.64. The molecule has 0 saturated heterocycles. The molecular weight excluding hydrogens is 350 g/mol. The molecule has 0 aliphatic carbocycles. The number of halogens is 1. The van der Waals surface area contributed by atoms with Crippen molar-refractivity contribution in [3.8, 4) is 0 Å². The van der Waals surface area contributed by atoms with E-state index in [4.69, 9.17) is 4.74 Å². The fraction of sp³-hybridized carbons (Fsp3) is 0.267. The van der Waals surface area contributed by atoms with Crippen LogP contribution in [0.15, 0.2) is 40.4 Å². The van der Waals surface area contributed by atoms with Crippen molar-refractivity contribution < 1.29 is 9.53 Å². The SMILES string of the molecule is Cl.Cn1c(=O)c2c(ncn2CC(=O)OCc2cccnc2)n(C)c1=O. The third-order valence-electron chi connectivity index (χ3n) is 3.64. The molecule has 0 amide bonds. The summed E-state index contributed by atoms with van der Waals surface area (Å²) in [5.41, 5.74) is 0.184. The Hall–Kier alpha value is -2.94. The molecular formula is C15H16ClN5O4. The predicted octanol–water partition coefficient (Wildman–Crippen LogP) is -0.00610. The van der Waals surface area contributed by atoms with E-state index in [1.165, 1.54) is 29.6 Å². The molecule has 0 spiro atoms. The van der Waals surface area contributed by atoms with Crippen LogP contribution in [0.5, 0.6) is 0 Å². The lowest BCUT2D eigenvalue weighted by molar-refractivity contribution is -0.145. The predicted molar refractivity (Wildman–Crippen MR) is 91.5 cm³/mol. The van der Waals surface area contributed by atoms with Gasteiger partial charge in [0.15, 0.2) is 11.2 Å². The van der Waals surface area contributed by atoms with Gasteiger partial charge in [0.1, 0.15) is 13.2 Å². The van der Waals surface area contributed by atoms with Crippen molar-refractivity contribution >= 4 is 29.5 Å². The monoisotopic (exact) mass is 365 g/mol. The molecule has 3 heterocycles. The molecule has 0 N–H and O–H groups in total. The van der Waals surface area contributed by atoms with Crippen LogP contribution in [-0.2, 0) is 36.8 Å². The number of hydrogen-bond acceptors (Lipinski definition) is 6. The van der Waals surface area contributed by atoms with Crippen molar-refractivity contribution in [3.63, 3.8) is 0 Å². The van der Waals surface area contributed by atoms with Crippen LogP contribution in [0.4, 0.5) is 0 Å². The first-order chi connectivity index (χ1) is 11.5. The quantitative estimate of drug-likeness (QED) is 0.603. The van der Waals surface area contributed by atoms with Crippen LogP contribution in [0.25, 0.3) is 11.2 Å². The van der Waals surface area contributed by atoms with Crippen molar-refractivity contribution in [3.05, 3.63) is 57.3 Å². The lowest BCUT2D eigenvalue weighted by Gasteiger charge is -2.07. The molecule has 25 heavy (non-hydrogen) atoms. The summed E-state index contributed by atoms with van der Waals surface area (Å²) < 4.78 is 8.78. The molecule has 0 atom stereocenters. The van der Waals surface area contributed by atoms with E-state index in [9.17, 15) is 14.4 Å². The topological polar surface area (TPSA) is 101 Å². The maximum atomic E-state index is 12.3. The highest BCUT2D eigenvalue weighted by Crippen LogP contribution is 2.06. The molecule has 132 valence electrons. The number of aryl methyl sites for hydroxylation is 1. The summed E-state index contributed by atoms with van der Waals surface area (Å²) in [6.45, 7) is -0.0833. The van der Waals surface area contributed by atoms with Crippen molar-refractivity contribution in [2.45, 2.75) is 13.2 Å². The average molecular weight is 366 g/mol. The second kappa shape index (κ2) is 7.31. The number of rotatable bonds is 4. The van der Waals surface area contributed by atoms with E-state index in [0.717, 1.165) is 10.1 Å². The Morgan fingerprint density at radius 2 is 2.00 bits per heavy atom. The highest BCUT2D eigenvalue weighted by molar-refractivity contribution is 5.85. The van der Waals surface area contributed by atoms with Gasteiger partial charge < -0.3 is 9.30 Å². The van der Waals surface area contributed by atoms with Gasteiger partial charge in [-0.15, -0.1) is 12.4 Å². The Balaban J connectivity index is 0.00000225. The summed E-state index contributed by atoms with van der Waals surface area (Å²) in [4.78, 5) is 44.1. The van der Waals surface area contributed by atoms with Gasteiger partial charge in [-0.2, -0.15) is 0 Å². The number of esters is 1. The Morgan fingerprint density at radius 3 is 2.68 bits per heavy atom. The summed E-state index contributed by atoms with van der Waals surface area (Å²) in [6.07, 6.45) is 4.57. The van der Waals surface area contributed by atoms with E-state index in [0.29, 0.717) is 0 Å². The Bertz CT molecular complexity index is 1020. The van der Waals surface area contributed by atoms with Crippen LogP contribution in [0.1, 0.15) is 5.56 Å². The number of hydrogen-bond donors (Lipinski definition) is 0. The minimum Gasteiger partial charge on any atom is -0.459 e. The maximum Gasteiger partial charge on any atom is 0.332 e. The van der Waals surface area contributed by atoms with Crippen LogP contribution in [0, 0.1) is 0 Å². The van der Waals surface area contributed by atoms with Gasteiger partial charge in [0.05, 0.1) is 6.33 Å². The summed E-state index contributed by atoms with van der Waals surface area (Å²) >= 11 is 0.